The van der Waals surface area contributed by atoms with Gasteiger partial charge in [0.05, 0.1) is 21.8 Å². The minimum atomic E-state index is -0.686. The highest BCUT2D eigenvalue weighted by molar-refractivity contribution is 6.38. The fourth-order valence-corrected chi connectivity index (χ4v) is 4.36. The van der Waals surface area contributed by atoms with E-state index in [1.165, 1.54) is 0 Å². The summed E-state index contributed by atoms with van der Waals surface area (Å²) in [6.45, 7) is 8.08. The van der Waals surface area contributed by atoms with Crippen LogP contribution in [0.2, 0.25) is 10.0 Å². The molecule has 1 amide bonds. The van der Waals surface area contributed by atoms with Gasteiger partial charge in [-0.3, -0.25) is 9.78 Å². The first-order valence-corrected chi connectivity index (χ1v) is 13.6. The number of aromatic nitrogens is 1. The number of nitrogens with two attached hydrogens (primary N) is 1. The average molecular weight is 540 g/mol. The van der Waals surface area contributed by atoms with Crippen LogP contribution in [0.5, 0.6) is 0 Å². The number of aryl methyl sites for hydroxylation is 1. The normalized spacial score (nSPS) is 12.0. The number of benzene rings is 1. The summed E-state index contributed by atoms with van der Waals surface area (Å²) in [5, 5.41) is 14.3. The molecule has 0 aliphatic carbocycles. The number of nitrogens with zero attached hydrogens (tertiary/aromatic N) is 2. The SMILES string of the molecule is CCN(CC)C(=O)c1ccnc(CCCOCCCCCCNCC(O)c2cc(Cl)c(N)c(Cl)c2)c1. The molecule has 0 fully saturated rings. The molecule has 1 aromatic carbocycles. The molecule has 0 bridgehead atoms. The van der Waals surface area contributed by atoms with E-state index in [4.69, 9.17) is 33.7 Å². The third-order valence-electron chi connectivity index (χ3n) is 6.05. The summed E-state index contributed by atoms with van der Waals surface area (Å²) < 4.78 is 5.76. The standard InChI is InChI=1S/C27H40Cl2N4O3/c1-3-33(4-2)27(35)20-11-13-32-22(16-20)10-9-15-36-14-8-6-5-7-12-31-19-25(34)21-17-23(28)26(30)24(29)18-21/h11,13,16-18,25,31,34H,3-10,12,14-15,19,30H2,1-2H3. The molecule has 0 aliphatic rings. The molecule has 1 atom stereocenters. The van der Waals surface area contributed by atoms with Crippen molar-refractivity contribution in [2.45, 2.75) is 58.5 Å². The molecule has 0 spiro atoms. The van der Waals surface area contributed by atoms with Crippen LogP contribution in [0.3, 0.4) is 0 Å². The molecule has 1 aromatic heterocycles. The fraction of sp³-hybridized carbons (Fsp3) is 0.556. The van der Waals surface area contributed by atoms with E-state index in [0.29, 0.717) is 53.1 Å². The first kappa shape index (κ1) is 30.3. The van der Waals surface area contributed by atoms with Crippen molar-refractivity contribution in [2.24, 2.45) is 0 Å². The Bertz CT molecular complexity index is 918. The smallest absolute Gasteiger partial charge is 0.253 e. The highest BCUT2D eigenvalue weighted by Crippen LogP contribution is 2.31. The van der Waals surface area contributed by atoms with Gasteiger partial charge < -0.3 is 25.8 Å². The van der Waals surface area contributed by atoms with Crippen LogP contribution < -0.4 is 11.1 Å². The second kappa shape index (κ2) is 16.8. The zero-order valence-corrected chi connectivity index (χ0v) is 23.0. The van der Waals surface area contributed by atoms with Crippen molar-refractivity contribution < 1.29 is 14.6 Å². The topological polar surface area (TPSA) is 101 Å². The molecule has 0 radical (unpaired) electrons. The lowest BCUT2D eigenvalue weighted by atomic mass is 10.1. The molecule has 7 nitrogen and oxygen atoms in total. The Labute approximate surface area is 225 Å². The van der Waals surface area contributed by atoms with Crippen molar-refractivity contribution in [3.05, 3.63) is 57.3 Å². The number of amides is 1. The number of hydrogen-bond acceptors (Lipinski definition) is 6. The minimum Gasteiger partial charge on any atom is -0.396 e. The largest absolute Gasteiger partial charge is 0.396 e. The van der Waals surface area contributed by atoms with Crippen LogP contribution in [0.1, 0.15) is 73.7 Å². The number of pyridine rings is 1. The zero-order chi connectivity index (χ0) is 26.3. The molecule has 2 rings (SSSR count). The van der Waals surface area contributed by atoms with E-state index in [-0.39, 0.29) is 5.91 Å². The van der Waals surface area contributed by atoms with Crippen LogP contribution in [0, 0.1) is 0 Å². The first-order valence-electron chi connectivity index (χ1n) is 12.8. The lowest BCUT2D eigenvalue weighted by Crippen LogP contribution is -2.30. The third kappa shape index (κ3) is 10.2. The second-order valence-electron chi connectivity index (χ2n) is 8.76. The van der Waals surface area contributed by atoms with Crippen molar-refractivity contribution in [1.29, 1.82) is 0 Å². The molecule has 0 saturated heterocycles. The first-order chi connectivity index (χ1) is 17.4. The zero-order valence-electron chi connectivity index (χ0n) is 21.4. The quantitative estimate of drug-likeness (QED) is 0.187. The summed E-state index contributed by atoms with van der Waals surface area (Å²) in [5.74, 6) is 0.0582. The summed E-state index contributed by atoms with van der Waals surface area (Å²) in [5.41, 5.74) is 8.35. The lowest BCUT2D eigenvalue weighted by molar-refractivity contribution is 0.0772. The molecule has 2 aromatic rings. The van der Waals surface area contributed by atoms with E-state index in [0.717, 1.165) is 57.4 Å². The summed E-state index contributed by atoms with van der Waals surface area (Å²) in [4.78, 5) is 18.7. The second-order valence-corrected chi connectivity index (χ2v) is 9.58. The number of rotatable bonds is 17. The van der Waals surface area contributed by atoms with Gasteiger partial charge in [0.2, 0.25) is 0 Å². The highest BCUT2D eigenvalue weighted by atomic mass is 35.5. The number of halogens is 2. The summed E-state index contributed by atoms with van der Waals surface area (Å²) >= 11 is 12.1. The Morgan fingerprint density at radius 3 is 2.44 bits per heavy atom. The van der Waals surface area contributed by atoms with Gasteiger partial charge in [0, 0.05) is 50.3 Å². The number of aliphatic hydroxyl groups excluding tert-OH is 1. The number of nitrogens with one attached hydrogen (secondary N) is 1. The van der Waals surface area contributed by atoms with E-state index in [2.05, 4.69) is 10.3 Å². The predicted octanol–water partition coefficient (Wildman–Crippen LogP) is 5.29. The van der Waals surface area contributed by atoms with Gasteiger partial charge in [-0.05, 0) is 75.9 Å². The maximum atomic E-state index is 12.5. The monoisotopic (exact) mass is 538 g/mol. The van der Waals surface area contributed by atoms with Crippen molar-refractivity contribution in [3.8, 4) is 0 Å². The molecule has 4 N–H and O–H groups in total. The summed E-state index contributed by atoms with van der Waals surface area (Å²) in [6.07, 6.45) is 6.97. The average Bonchev–Trinajstić information content (AvgIpc) is 2.88. The minimum absolute atomic E-state index is 0.0582. The van der Waals surface area contributed by atoms with Crippen LogP contribution in [-0.2, 0) is 11.2 Å². The highest BCUT2D eigenvalue weighted by Gasteiger charge is 2.13. The van der Waals surface area contributed by atoms with Crippen LogP contribution >= 0.6 is 23.2 Å². The summed E-state index contributed by atoms with van der Waals surface area (Å²) in [6, 6.07) is 6.98. The molecule has 36 heavy (non-hydrogen) atoms. The molecular weight excluding hydrogens is 499 g/mol. The Morgan fingerprint density at radius 1 is 1.08 bits per heavy atom. The number of unbranched alkanes of at least 4 members (excludes halogenated alkanes) is 3. The lowest BCUT2D eigenvalue weighted by Gasteiger charge is -2.18. The number of nitrogen functional groups attached to an aromatic ring is 1. The number of anilines is 1. The van der Waals surface area contributed by atoms with E-state index in [1.807, 2.05) is 24.8 Å². The molecule has 0 aliphatic heterocycles. The third-order valence-corrected chi connectivity index (χ3v) is 6.68. The Balaban J connectivity index is 1.49. The van der Waals surface area contributed by atoms with Gasteiger partial charge in [0.15, 0.2) is 0 Å². The predicted molar refractivity (Wildman–Crippen MR) is 148 cm³/mol. The van der Waals surface area contributed by atoms with Crippen LogP contribution in [0.25, 0.3) is 0 Å². The molecule has 1 unspecified atom stereocenters. The van der Waals surface area contributed by atoms with E-state index < -0.39 is 6.10 Å². The maximum absolute atomic E-state index is 12.5. The van der Waals surface area contributed by atoms with Gasteiger partial charge in [0.1, 0.15) is 0 Å². The van der Waals surface area contributed by atoms with E-state index in [1.54, 1.807) is 24.4 Å². The Kier molecular flexibility index (Phi) is 14.1. The van der Waals surface area contributed by atoms with Gasteiger partial charge in [-0.15, -0.1) is 0 Å². The van der Waals surface area contributed by atoms with Crippen LogP contribution in [-0.4, -0.2) is 60.3 Å². The molecule has 1 heterocycles. The van der Waals surface area contributed by atoms with Crippen LogP contribution in [0.4, 0.5) is 5.69 Å². The molecular formula is C27H40Cl2N4O3. The number of carbonyl (C=O) groups is 1. The summed E-state index contributed by atoms with van der Waals surface area (Å²) in [7, 11) is 0. The Morgan fingerprint density at radius 2 is 1.75 bits per heavy atom. The number of carbonyl (C=O) groups excluding carboxylic acids is 1. The maximum Gasteiger partial charge on any atom is 0.253 e. The number of aliphatic hydroxyl groups is 1. The van der Waals surface area contributed by atoms with Gasteiger partial charge in [-0.1, -0.05) is 36.0 Å². The van der Waals surface area contributed by atoms with Crippen molar-refractivity contribution in [1.82, 2.24) is 15.2 Å². The number of ether oxygens (including phenoxy) is 1. The van der Waals surface area contributed by atoms with Gasteiger partial charge in [-0.25, -0.2) is 0 Å². The molecule has 200 valence electrons. The van der Waals surface area contributed by atoms with Gasteiger partial charge in [0.25, 0.3) is 5.91 Å². The van der Waals surface area contributed by atoms with Gasteiger partial charge >= 0.3 is 0 Å². The van der Waals surface area contributed by atoms with Crippen molar-refractivity contribution in [2.75, 3.05) is 45.1 Å². The Hall–Kier alpha value is -1.90. The number of hydrogen-bond donors (Lipinski definition) is 3. The van der Waals surface area contributed by atoms with E-state index >= 15 is 0 Å². The van der Waals surface area contributed by atoms with Crippen molar-refractivity contribution in [3.63, 3.8) is 0 Å². The molecule has 9 heteroatoms. The fourth-order valence-electron chi connectivity index (χ4n) is 3.86. The van der Waals surface area contributed by atoms with Crippen molar-refractivity contribution >= 4 is 34.8 Å². The van der Waals surface area contributed by atoms with Gasteiger partial charge in [-0.2, -0.15) is 0 Å². The molecule has 0 saturated carbocycles. The van der Waals surface area contributed by atoms with Crippen LogP contribution in [0.15, 0.2) is 30.5 Å². The van der Waals surface area contributed by atoms with E-state index in [9.17, 15) is 9.90 Å².